The molecule has 0 amide bonds. The molecule has 0 aliphatic rings. The summed E-state index contributed by atoms with van der Waals surface area (Å²) in [6.45, 7) is 8.00. The summed E-state index contributed by atoms with van der Waals surface area (Å²) in [6.07, 6.45) is 0.250. The van der Waals surface area contributed by atoms with E-state index < -0.39 is 0 Å². The topological polar surface area (TPSA) is 118 Å². The van der Waals surface area contributed by atoms with Crippen molar-refractivity contribution < 1.29 is 19.9 Å². The number of carbonyl (C=O) groups excluding carboxylic acids is 3. The molecule has 0 aliphatic heterocycles. The van der Waals surface area contributed by atoms with Crippen molar-refractivity contribution in [1.29, 1.82) is 0 Å². The van der Waals surface area contributed by atoms with Gasteiger partial charge in [-0.1, -0.05) is 0 Å². The van der Waals surface area contributed by atoms with Gasteiger partial charge in [0.2, 0.25) is 0 Å². The minimum Gasteiger partial charge on any atom is -0.412 e. The molecule has 9 heavy (non-hydrogen) atoms. The Labute approximate surface area is 53.3 Å². The van der Waals surface area contributed by atoms with Crippen LogP contribution >= 0.6 is 0 Å². The Kier molecular flexibility index (Phi) is 13700. The minimum absolute atomic E-state index is 0. The van der Waals surface area contributed by atoms with Gasteiger partial charge in [-0.3, -0.25) is 0 Å². The second-order valence-corrected chi connectivity index (χ2v) is 0.0833. The molecule has 5 heteroatoms. The fraction of sp³-hybridized carbons (Fsp3) is 0. The number of hydrogen-bond acceptors (Lipinski definition) is 4. The third-order valence-electron chi connectivity index (χ3n) is 0. The summed E-state index contributed by atoms with van der Waals surface area (Å²) in [5.74, 6) is 0. The first-order valence-corrected chi connectivity index (χ1v) is 1.20. The Morgan fingerprint density at radius 3 is 1.00 bits per heavy atom. The fourth-order valence-corrected chi connectivity index (χ4v) is 0. The summed E-state index contributed by atoms with van der Waals surface area (Å²) < 4.78 is 0. The Morgan fingerprint density at radius 2 is 1.00 bits per heavy atom. The monoisotopic (exact) mass is 137 g/mol. The van der Waals surface area contributed by atoms with Crippen molar-refractivity contribution in [1.82, 2.24) is 6.15 Å². The first-order valence-electron chi connectivity index (χ1n) is 1.20. The highest BCUT2D eigenvalue weighted by Gasteiger charge is 1.13. The molecule has 0 aromatic rings. The van der Waals surface area contributed by atoms with Gasteiger partial charge >= 0.3 is 6.15 Å². The lowest BCUT2D eigenvalue weighted by molar-refractivity contribution is -0.191. The van der Waals surface area contributed by atoms with Gasteiger partial charge in [-0.15, -0.1) is 13.2 Å². The van der Waals surface area contributed by atoms with E-state index in [0.717, 1.165) is 0 Å². The van der Waals surface area contributed by atoms with Crippen LogP contribution < -0.4 is 6.15 Å². The van der Waals surface area contributed by atoms with Gasteiger partial charge in [0.1, 0.15) is 6.79 Å². The second-order valence-electron chi connectivity index (χ2n) is 0.0833. The fourth-order valence-electron chi connectivity index (χ4n) is 0. The molecule has 0 aliphatic carbocycles. The van der Waals surface area contributed by atoms with Crippen molar-refractivity contribution in [2.24, 2.45) is 0 Å². The molecule has 5 nitrogen and oxygen atoms in total. The van der Waals surface area contributed by atoms with Gasteiger partial charge < -0.3 is 16.4 Å². The lowest BCUT2D eigenvalue weighted by atomic mass is 11.3. The highest BCUT2D eigenvalue weighted by Crippen LogP contribution is 0.862. The predicted molar refractivity (Wildman–Crippen MR) is 32.0 cm³/mol. The Balaban J connectivity index is -0.00000000825. The van der Waals surface area contributed by atoms with Crippen molar-refractivity contribution in [2.45, 2.75) is 0 Å². The predicted octanol–water partition coefficient (Wildman–Crippen LogP) is -0.629. The first kappa shape index (κ1) is 47.3. The van der Waals surface area contributed by atoms with Gasteiger partial charge in [-0.05, 0) is 0 Å². The summed E-state index contributed by atoms with van der Waals surface area (Å²) in [6, 6.07) is 0. The van der Waals surface area contributed by atoms with Crippen LogP contribution in [-0.4, -0.2) is 18.4 Å². The van der Waals surface area contributed by atoms with Crippen LogP contribution in [0.15, 0.2) is 13.2 Å². The summed E-state index contributed by atoms with van der Waals surface area (Å²) in [5.41, 5.74) is 0. The van der Waals surface area contributed by atoms with E-state index in [1.165, 1.54) is 0 Å². The van der Waals surface area contributed by atoms with Crippen molar-refractivity contribution in [3.63, 3.8) is 0 Å². The normalized spacial score (nSPS) is 1.78. The molecular weight excluding hydrogens is 126 g/mol. The smallest absolute Gasteiger partial charge is 0.373 e. The van der Waals surface area contributed by atoms with E-state index in [4.69, 9.17) is 14.4 Å². The van der Waals surface area contributed by atoms with Gasteiger partial charge in [0.05, 0.1) is 0 Å². The van der Waals surface area contributed by atoms with E-state index in [9.17, 15) is 0 Å². The lowest BCUT2D eigenvalue weighted by Crippen LogP contribution is -1.22. The van der Waals surface area contributed by atoms with E-state index in [-0.39, 0.29) is 17.8 Å². The van der Waals surface area contributed by atoms with Crippen molar-refractivity contribution in [2.75, 3.05) is 0 Å². The Morgan fingerprint density at radius 1 is 1.00 bits per heavy atom. The highest BCUT2D eigenvalue weighted by atomic mass is 16.2. The third-order valence-corrected chi connectivity index (χ3v) is 0. The van der Waals surface area contributed by atoms with Crippen molar-refractivity contribution >= 4 is 12.9 Å². The van der Waals surface area contributed by atoms with Gasteiger partial charge in [0, 0.05) is 0 Å². The number of hydrogen-bond donors (Lipinski definition) is 1. The zero-order chi connectivity index (χ0) is 6.71. The highest BCUT2D eigenvalue weighted by molar-refractivity contribution is 5.20. The SMILES string of the molecule is C=C.C=O.N.O.O=C=O. The lowest BCUT2D eigenvalue weighted by Gasteiger charge is -0.945. The summed E-state index contributed by atoms with van der Waals surface area (Å²) in [4.78, 5) is 24.2. The van der Waals surface area contributed by atoms with Crippen LogP contribution in [0.2, 0.25) is 0 Å². The maximum absolute atomic E-state index is 8.12. The molecule has 5 N–H and O–H groups in total. The van der Waals surface area contributed by atoms with Crippen LogP contribution in [-0.2, 0) is 14.4 Å². The molecule has 0 radical (unpaired) electrons. The molecule has 0 aromatic heterocycles. The zero-order valence-corrected chi connectivity index (χ0v) is 5.05. The number of rotatable bonds is 0. The third kappa shape index (κ3) is 89.5. The number of carbonyl (C=O) groups is 1. The molecule has 0 unspecified atom stereocenters. The zero-order valence-electron chi connectivity index (χ0n) is 5.05. The minimum atomic E-state index is 0. The van der Waals surface area contributed by atoms with Crippen LogP contribution in [0.25, 0.3) is 0 Å². The molecular formula is C4H11NO4. The van der Waals surface area contributed by atoms with Crippen LogP contribution in [0.3, 0.4) is 0 Å². The summed E-state index contributed by atoms with van der Waals surface area (Å²) in [5, 5.41) is 0. The second kappa shape index (κ2) is 2600. The van der Waals surface area contributed by atoms with Gasteiger partial charge in [0.15, 0.2) is 0 Å². The van der Waals surface area contributed by atoms with Gasteiger partial charge in [-0.25, -0.2) is 0 Å². The molecule has 0 atom stereocenters. The van der Waals surface area contributed by atoms with E-state index in [2.05, 4.69) is 13.2 Å². The maximum atomic E-state index is 8.12. The molecule has 0 saturated heterocycles. The van der Waals surface area contributed by atoms with E-state index >= 15 is 0 Å². The van der Waals surface area contributed by atoms with Crippen LogP contribution in [0.4, 0.5) is 0 Å². The largest absolute Gasteiger partial charge is 0.412 e. The average molecular weight is 137 g/mol. The van der Waals surface area contributed by atoms with Crippen LogP contribution in [0.1, 0.15) is 0 Å². The standard InChI is InChI=1S/C2H4.CO2.CH2O.H3N.H2O/c1-2;2-1-3;1-2;;/h1-2H2;;1H2;1H3;1H2. The Bertz CT molecular complexity index is 48.5. The molecule has 0 fully saturated rings. The molecule has 0 rings (SSSR count). The van der Waals surface area contributed by atoms with Gasteiger partial charge in [0.25, 0.3) is 0 Å². The van der Waals surface area contributed by atoms with Gasteiger partial charge in [-0.2, -0.15) is 9.59 Å². The van der Waals surface area contributed by atoms with Crippen LogP contribution in [0.5, 0.6) is 0 Å². The van der Waals surface area contributed by atoms with Crippen molar-refractivity contribution in [3.8, 4) is 0 Å². The molecule has 56 valence electrons. The van der Waals surface area contributed by atoms with E-state index in [0.29, 0.717) is 0 Å². The summed E-state index contributed by atoms with van der Waals surface area (Å²) in [7, 11) is 0. The Hall–Kier alpha value is -1.29. The molecule has 0 bridgehead atoms. The van der Waals surface area contributed by atoms with E-state index in [1.54, 1.807) is 0 Å². The maximum Gasteiger partial charge on any atom is 0.373 e. The van der Waals surface area contributed by atoms with Crippen LogP contribution in [0, 0.1) is 0 Å². The van der Waals surface area contributed by atoms with Crippen molar-refractivity contribution in [3.05, 3.63) is 13.2 Å². The molecule has 0 heterocycles. The first-order chi connectivity index (χ1) is 3.41. The quantitative estimate of drug-likeness (QED) is 0.447. The summed E-state index contributed by atoms with van der Waals surface area (Å²) >= 11 is 0. The van der Waals surface area contributed by atoms with E-state index in [1.807, 2.05) is 6.79 Å². The average Bonchev–Trinajstić information content (AvgIpc) is 1.78. The molecule has 0 aromatic carbocycles. The molecule has 0 spiro atoms. The molecule has 0 saturated carbocycles.